The lowest BCUT2D eigenvalue weighted by atomic mass is 9.98. The summed E-state index contributed by atoms with van der Waals surface area (Å²) in [6, 6.07) is 10.3. The van der Waals surface area contributed by atoms with E-state index in [-0.39, 0.29) is 12.5 Å². The van der Waals surface area contributed by atoms with Gasteiger partial charge in [-0.15, -0.1) is 0 Å². The van der Waals surface area contributed by atoms with Crippen LogP contribution in [0.4, 0.5) is 24.5 Å². The maximum atomic E-state index is 12.5. The summed E-state index contributed by atoms with van der Waals surface area (Å²) in [5.74, 6) is -0.0157. The van der Waals surface area contributed by atoms with Gasteiger partial charge in [0.1, 0.15) is 0 Å². The van der Waals surface area contributed by atoms with E-state index in [0.29, 0.717) is 11.6 Å². The highest BCUT2D eigenvalue weighted by Gasteiger charge is 2.29. The molecular weight excluding hydrogens is 329 g/mol. The minimum absolute atomic E-state index is 0.0333. The molecule has 0 unspecified atom stereocenters. The molecule has 0 radical (unpaired) electrons. The topological polar surface area (TPSA) is 41.1 Å². The number of carbonyl (C=O) groups excluding carboxylic acids is 1. The van der Waals surface area contributed by atoms with E-state index in [2.05, 4.69) is 24.5 Å². The first-order chi connectivity index (χ1) is 11.7. The van der Waals surface area contributed by atoms with Gasteiger partial charge in [0.25, 0.3) is 0 Å². The number of hydrogen-bond acceptors (Lipinski definition) is 2. The highest BCUT2D eigenvalue weighted by molar-refractivity contribution is 5.94. The first kappa shape index (κ1) is 18.8. The molecule has 0 atom stereocenters. The van der Waals surface area contributed by atoms with Crippen LogP contribution in [0.5, 0.6) is 0 Å². The Balaban J connectivity index is 2.00. The molecule has 0 spiro atoms. The SMILES string of the molecule is Cc1cccc(C(C)C)c1NCC(=O)Nc1ccc(C(F)(F)F)cc1. The minimum atomic E-state index is -4.39. The van der Waals surface area contributed by atoms with Crippen LogP contribution >= 0.6 is 0 Å². The number of rotatable bonds is 5. The van der Waals surface area contributed by atoms with Crippen LogP contribution in [0.2, 0.25) is 0 Å². The van der Waals surface area contributed by atoms with E-state index >= 15 is 0 Å². The van der Waals surface area contributed by atoms with E-state index in [0.717, 1.165) is 28.9 Å². The molecule has 0 saturated heterocycles. The Kier molecular flexibility index (Phi) is 5.72. The Morgan fingerprint density at radius 1 is 1.08 bits per heavy atom. The van der Waals surface area contributed by atoms with Crippen molar-refractivity contribution in [3.05, 3.63) is 59.2 Å². The van der Waals surface area contributed by atoms with E-state index in [1.807, 2.05) is 25.1 Å². The van der Waals surface area contributed by atoms with Gasteiger partial charge in [-0.3, -0.25) is 4.79 Å². The number of para-hydroxylation sites is 1. The molecule has 0 aliphatic carbocycles. The van der Waals surface area contributed by atoms with Gasteiger partial charge in [0.05, 0.1) is 12.1 Å². The molecule has 6 heteroatoms. The summed E-state index contributed by atoms with van der Waals surface area (Å²) >= 11 is 0. The fourth-order valence-corrected chi connectivity index (χ4v) is 2.53. The number of amides is 1. The molecule has 0 bridgehead atoms. The van der Waals surface area contributed by atoms with E-state index in [1.165, 1.54) is 12.1 Å². The molecule has 2 aromatic rings. The number of halogens is 3. The number of nitrogens with one attached hydrogen (secondary N) is 2. The van der Waals surface area contributed by atoms with Gasteiger partial charge in [0.2, 0.25) is 5.91 Å². The number of carbonyl (C=O) groups is 1. The summed E-state index contributed by atoms with van der Waals surface area (Å²) in [4.78, 5) is 12.1. The molecule has 0 aliphatic rings. The Morgan fingerprint density at radius 2 is 1.72 bits per heavy atom. The third-order valence-corrected chi connectivity index (χ3v) is 3.85. The number of alkyl halides is 3. The molecule has 0 saturated carbocycles. The first-order valence-electron chi connectivity index (χ1n) is 7.99. The van der Waals surface area contributed by atoms with Gasteiger partial charge >= 0.3 is 6.18 Å². The largest absolute Gasteiger partial charge is 0.416 e. The fourth-order valence-electron chi connectivity index (χ4n) is 2.53. The van der Waals surface area contributed by atoms with Crippen molar-refractivity contribution in [2.75, 3.05) is 17.2 Å². The predicted molar refractivity (Wildman–Crippen MR) is 93.8 cm³/mol. The first-order valence-corrected chi connectivity index (χ1v) is 7.99. The van der Waals surface area contributed by atoms with Crippen molar-refractivity contribution in [2.24, 2.45) is 0 Å². The average Bonchev–Trinajstić information content (AvgIpc) is 2.53. The van der Waals surface area contributed by atoms with Gasteiger partial charge in [-0.25, -0.2) is 0 Å². The highest BCUT2D eigenvalue weighted by Crippen LogP contribution is 2.30. The van der Waals surface area contributed by atoms with Crippen LogP contribution in [0.15, 0.2) is 42.5 Å². The monoisotopic (exact) mass is 350 g/mol. The van der Waals surface area contributed by atoms with Crippen LogP contribution in [0.25, 0.3) is 0 Å². The zero-order valence-corrected chi connectivity index (χ0v) is 14.4. The van der Waals surface area contributed by atoms with Crippen molar-refractivity contribution in [1.82, 2.24) is 0 Å². The summed E-state index contributed by atoms with van der Waals surface area (Å²) in [5.41, 5.74) is 2.65. The molecular formula is C19H21F3N2O. The lowest BCUT2D eigenvalue weighted by Gasteiger charge is -2.17. The van der Waals surface area contributed by atoms with Crippen LogP contribution in [0, 0.1) is 6.92 Å². The minimum Gasteiger partial charge on any atom is -0.376 e. The third-order valence-electron chi connectivity index (χ3n) is 3.85. The fraction of sp³-hybridized carbons (Fsp3) is 0.316. The van der Waals surface area contributed by atoms with E-state index in [9.17, 15) is 18.0 Å². The molecule has 2 rings (SSSR count). The van der Waals surface area contributed by atoms with Crippen LogP contribution in [-0.2, 0) is 11.0 Å². The number of aryl methyl sites for hydroxylation is 1. The van der Waals surface area contributed by atoms with Gasteiger partial charge in [0, 0.05) is 11.4 Å². The molecule has 0 aromatic heterocycles. The van der Waals surface area contributed by atoms with Crippen molar-refractivity contribution >= 4 is 17.3 Å². The Labute approximate surface area is 145 Å². The van der Waals surface area contributed by atoms with Crippen molar-refractivity contribution in [2.45, 2.75) is 32.9 Å². The molecule has 2 N–H and O–H groups in total. The average molecular weight is 350 g/mol. The van der Waals surface area contributed by atoms with Crippen molar-refractivity contribution in [3.63, 3.8) is 0 Å². The Morgan fingerprint density at radius 3 is 2.28 bits per heavy atom. The van der Waals surface area contributed by atoms with Gasteiger partial charge < -0.3 is 10.6 Å². The molecule has 0 aliphatic heterocycles. The summed E-state index contributed by atoms with van der Waals surface area (Å²) in [6.45, 7) is 6.14. The maximum absolute atomic E-state index is 12.5. The zero-order chi connectivity index (χ0) is 18.6. The lowest BCUT2D eigenvalue weighted by molar-refractivity contribution is -0.137. The second-order valence-corrected chi connectivity index (χ2v) is 6.17. The number of hydrogen-bond donors (Lipinski definition) is 2. The highest BCUT2D eigenvalue weighted by atomic mass is 19.4. The van der Waals surface area contributed by atoms with Crippen LogP contribution in [0.3, 0.4) is 0 Å². The summed E-state index contributed by atoms with van der Waals surface area (Å²) in [5, 5.41) is 5.72. The summed E-state index contributed by atoms with van der Waals surface area (Å²) in [6.07, 6.45) is -4.39. The lowest BCUT2D eigenvalue weighted by Crippen LogP contribution is -2.22. The molecule has 134 valence electrons. The Bertz CT molecular complexity index is 737. The van der Waals surface area contributed by atoms with Gasteiger partial charge in [-0.2, -0.15) is 13.2 Å². The van der Waals surface area contributed by atoms with Gasteiger partial charge in [-0.1, -0.05) is 32.0 Å². The van der Waals surface area contributed by atoms with Crippen LogP contribution in [0.1, 0.15) is 36.5 Å². The zero-order valence-electron chi connectivity index (χ0n) is 14.4. The molecule has 25 heavy (non-hydrogen) atoms. The summed E-state index contributed by atoms with van der Waals surface area (Å²) in [7, 11) is 0. The van der Waals surface area contributed by atoms with Crippen LogP contribution < -0.4 is 10.6 Å². The number of anilines is 2. The molecule has 3 nitrogen and oxygen atoms in total. The van der Waals surface area contributed by atoms with E-state index < -0.39 is 11.7 Å². The quantitative estimate of drug-likeness (QED) is 0.779. The summed E-state index contributed by atoms with van der Waals surface area (Å²) < 4.78 is 37.6. The second-order valence-electron chi connectivity index (χ2n) is 6.17. The van der Waals surface area contributed by atoms with Gasteiger partial charge in [0.15, 0.2) is 0 Å². The Hall–Kier alpha value is -2.50. The standard InChI is InChI=1S/C19H21F3N2O/c1-12(2)16-6-4-5-13(3)18(16)23-11-17(25)24-15-9-7-14(8-10-15)19(20,21)22/h4-10,12,23H,11H2,1-3H3,(H,24,25). The van der Waals surface area contributed by atoms with Crippen LogP contribution in [-0.4, -0.2) is 12.5 Å². The van der Waals surface area contributed by atoms with E-state index in [1.54, 1.807) is 0 Å². The smallest absolute Gasteiger partial charge is 0.376 e. The van der Waals surface area contributed by atoms with E-state index in [4.69, 9.17) is 0 Å². The molecule has 2 aromatic carbocycles. The molecule has 0 heterocycles. The normalized spacial score (nSPS) is 11.5. The molecule has 1 amide bonds. The molecule has 0 fully saturated rings. The van der Waals surface area contributed by atoms with Crippen molar-refractivity contribution < 1.29 is 18.0 Å². The van der Waals surface area contributed by atoms with Crippen molar-refractivity contribution in [3.8, 4) is 0 Å². The second kappa shape index (κ2) is 7.59. The predicted octanol–water partition coefficient (Wildman–Crippen LogP) is 5.19. The number of benzene rings is 2. The van der Waals surface area contributed by atoms with Gasteiger partial charge in [-0.05, 0) is 48.2 Å². The van der Waals surface area contributed by atoms with Crippen molar-refractivity contribution in [1.29, 1.82) is 0 Å². The maximum Gasteiger partial charge on any atom is 0.416 e. The third kappa shape index (κ3) is 4.98.